The molecule has 8 heteroatoms. The van der Waals surface area contributed by atoms with Crippen molar-refractivity contribution in [2.75, 3.05) is 38.2 Å². The molecule has 2 rings (SSSR count). The minimum atomic E-state index is -3.35. The number of rotatable bonds is 6. The van der Waals surface area contributed by atoms with E-state index in [4.69, 9.17) is 0 Å². The van der Waals surface area contributed by atoms with Crippen molar-refractivity contribution in [3.8, 4) is 0 Å². The summed E-state index contributed by atoms with van der Waals surface area (Å²) in [7, 11) is -1.45. The molecule has 1 fully saturated rings. The Balaban J connectivity index is 2.03. The van der Waals surface area contributed by atoms with Crippen LogP contribution in [0.1, 0.15) is 6.42 Å². The van der Waals surface area contributed by atoms with Gasteiger partial charge in [0.25, 0.3) is 0 Å². The van der Waals surface area contributed by atoms with Crippen molar-refractivity contribution >= 4 is 21.8 Å². The van der Waals surface area contributed by atoms with Gasteiger partial charge in [0, 0.05) is 37.3 Å². The third-order valence-corrected chi connectivity index (χ3v) is 5.83. The van der Waals surface area contributed by atoms with E-state index in [0.717, 1.165) is 31.0 Å². The summed E-state index contributed by atoms with van der Waals surface area (Å²) in [5.41, 5.74) is 0. The SMILES string of the molecule is CNCCCn1cc(S(=O)(=O)N2CCSCC2)cn1. The number of sulfonamides is 1. The van der Waals surface area contributed by atoms with E-state index in [1.54, 1.807) is 26.9 Å². The van der Waals surface area contributed by atoms with Crippen molar-refractivity contribution in [2.24, 2.45) is 0 Å². The molecule has 0 unspecified atom stereocenters. The first-order valence-electron chi connectivity index (χ1n) is 6.39. The number of aromatic nitrogens is 2. The van der Waals surface area contributed by atoms with Crippen LogP contribution in [0.2, 0.25) is 0 Å². The molecule has 108 valence electrons. The summed E-state index contributed by atoms with van der Waals surface area (Å²) in [4.78, 5) is 0.309. The Morgan fingerprint density at radius 2 is 2.16 bits per heavy atom. The van der Waals surface area contributed by atoms with Crippen molar-refractivity contribution in [1.82, 2.24) is 19.4 Å². The van der Waals surface area contributed by atoms with Crippen LogP contribution in [0.5, 0.6) is 0 Å². The minimum absolute atomic E-state index is 0.309. The Morgan fingerprint density at radius 3 is 2.84 bits per heavy atom. The van der Waals surface area contributed by atoms with E-state index in [1.807, 2.05) is 7.05 Å². The van der Waals surface area contributed by atoms with Gasteiger partial charge in [-0.05, 0) is 20.0 Å². The average Bonchev–Trinajstić information content (AvgIpc) is 2.90. The Labute approximate surface area is 118 Å². The molecule has 1 N–H and O–H groups in total. The summed E-state index contributed by atoms with van der Waals surface area (Å²) >= 11 is 1.79. The zero-order valence-corrected chi connectivity index (χ0v) is 12.7. The van der Waals surface area contributed by atoms with Gasteiger partial charge in [-0.1, -0.05) is 0 Å². The highest BCUT2D eigenvalue weighted by Gasteiger charge is 2.27. The Kier molecular flexibility index (Phi) is 5.26. The van der Waals surface area contributed by atoms with Crippen LogP contribution < -0.4 is 5.32 Å². The van der Waals surface area contributed by atoms with Crippen LogP contribution in [0, 0.1) is 0 Å². The van der Waals surface area contributed by atoms with E-state index in [9.17, 15) is 8.42 Å². The molecule has 0 spiro atoms. The van der Waals surface area contributed by atoms with E-state index in [-0.39, 0.29) is 0 Å². The summed E-state index contributed by atoms with van der Waals surface area (Å²) in [6.07, 6.45) is 4.02. The van der Waals surface area contributed by atoms with E-state index in [2.05, 4.69) is 10.4 Å². The van der Waals surface area contributed by atoms with Crippen molar-refractivity contribution in [1.29, 1.82) is 0 Å². The monoisotopic (exact) mass is 304 g/mol. The van der Waals surface area contributed by atoms with Gasteiger partial charge in [-0.3, -0.25) is 4.68 Å². The first kappa shape index (κ1) is 14.8. The van der Waals surface area contributed by atoms with Crippen LogP contribution in [-0.4, -0.2) is 60.7 Å². The lowest BCUT2D eigenvalue weighted by molar-refractivity contribution is 0.443. The molecule has 6 nitrogen and oxygen atoms in total. The van der Waals surface area contributed by atoms with Crippen LogP contribution in [0.4, 0.5) is 0 Å². The minimum Gasteiger partial charge on any atom is -0.320 e. The standard InChI is InChI=1S/C11H20N4O2S2/c1-12-3-2-4-14-10-11(9-13-14)19(16,17)15-5-7-18-8-6-15/h9-10,12H,2-8H2,1H3. The fourth-order valence-corrected chi connectivity index (χ4v) is 4.48. The molecular formula is C11H20N4O2S2. The number of nitrogens with zero attached hydrogens (tertiary/aromatic N) is 3. The molecule has 0 aliphatic carbocycles. The number of aryl methyl sites for hydroxylation is 1. The Hall–Kier alpha value is -0.570. The molecule has 1 aromatic rings. The Morgan fingerprint density at radius 1 is 1.42 bits per heavy atom. The van der Waals surface area contributed by atoms with E-state index < -0.39 is 10.0 Å². The maximum absolute atomic E-state index is 12.4. The predicted molar refractivity (Wildman–Crippen MR) is 76.9 cm³/mol. The predicted octanol–water partition coefficient (Wildman–Crippen LogP) is 0.230. The van der Waals surface area contributed by atoms with Gasteiger partial charge < -0.3 is 5.32 Å². The van der Waals surface area contributed by atoms with Crippen LogP contribution >= 0.6 is 11.8 Å². The molecule has 1 aromatic heterocycles. The van der Waals surface area contributed by atoms with Crippen molar-refractivity contribution in [3.63, 3.8) is 0 Å². The highest BCUT2D eigenvalue weighted by atomic mass is 32.2. The Bertz CT molecular complexity index is 495. The molecule has 1 saturated heterocycles. The van der Waals surface area contributed by atoms with Crippen molar-refractivity contribution in [2.45, 2.75) is 17.9 Å². The molecule has 0 aromatic carbocycles. The normalized spacial score (nSPS) is 17.7. The number of nitrogens with one attached hydrogen (secondary N) is 1. The average molecular weight is 304 g/mol. The first-order valence-corrected chi connectivity index (χ1v) is 8.99. The van der Waals surface area contributed by atoms with Gasteiger partial charge in [-0.25, -0.2) is 8.42 Å². The summed E-state index contributed by atoms with van der Waals surface area (Å²) in [6.45, 7) is 2.81. The van der Waals surface area contributed by atoms with Crippen molar-refractivity contribution < 1.29 is 8.42 Å². The van der Waals surface area contributed by atoms with Crippen LogP contribution in [0.3, 0.4) is 0 Å². The van der Waals surface area contributed by atoms with Gasteiger partial charge >= 0.3 is 0 Å². The number of hydrogen-bond donors (Lipinski definition) is 1. The van der Waals surface area contributed by atoms with Gasteiger partial charge in [0.05, 0.1) is 6.20 Å². The van der Waals surface area contributed by atoms with E-state index >= 15 is 0 Å². The second-order valence-electron chi connectivity index (χ2n) is 4.41. The largest absolute Gasteiger partial charge is 0.320 e. The lowest BCUT2D eigenvalue weighted by Crippen LogP contribution is -2.37. The molecule has 1 aliphatic rings. The summed E-state index contributed by atoms with van der Waals surface area (Å²) < 4.78 is 28.0. The third-order valence-electron chi connectivity index (χ3n) is 3.03. The maximum Gasteiger partial charge on any atom is 0.246 e. The summed E-state index contributed by atoms with van der Waals surface area (Å²) in [5.74, 6) is 1.74. The lowest BCUT2D eigenvalue weighted by atomic mass is 10.4. The summed E-state index contributed by atoms with van der Waals surface area (Å²) in [6, 6.07) is 0. The second kappa shape index (κ2) is 6.74. The molecule has 0 bridgehead atoms. The molecular weight excluding hydrogens is 284 g/mol. The highest BCUT2D eigenvalue weighted by molar-refractivity contribution is 7.99. The molecule has 0 amide bonds. The third kappa shape index (κ3) is 3.71. The summed E-state index contributed by atoms with van der Waals surface area (Å²) in [5, 5.41) is 7.18. The van der Waals surface area contributed by atoms with Gasteiger partial charge in [-0.2, -0.15) is 21.2 Å². The maximum atomic E-state index is 12.4. The molecule has 0 saturated carbocycles. The lowest BCUT2D eigenvalue weighted by Gasteiger charge is -2.24. The molecule has 19 heavy (non-hydrogen) atoms. The number of hydrogen-bond acceptors (Lipinski definition) is 5. The fourth-order valence-electron chi connectivity index (χ4n) is 1.95. The van der Waals surface area contributed by atoms with Gasteiger partial charge in [0.2, 0.25) is 10.0 Å². The van der Waals surface area contributed by atoms with Crippen LogP contribution in [0.25, 0.3) is 0 Å². The first-order chi connectivity index (χ1) is 9.14. The van der Waals surface area contributed by atoms with Crippen LogP contribution in [0.15, 0.2) is 17.3 Å². The zero-order chi connectivity index (χ0) is 13.7. The van der Waals surface area contributed by atoms with Crippen LogP contribution in [-0.2, 0) is 16.6 Å². The van der Waals surface area contributed by atoms with Gasteiger partial charge in [-0.15, -0.1) is 0 Å². The van der Waals surface area contributed by atoms with Gasteiger partial charge in [0.15, 0.2) is 0 Å². The van der Waals surface area contributed by atoms with E-state index in [0.29, 0.717) is 18.0 Å². The van der Waals surface area contributed by atoms with E-state index in [1.165, 1.54) is 6.20 Å². The molecule has 1 aliphatic heterocycles. The fraction of sp³-hybridized carbons (Fsp3) is 0.727. The second-order valence-corrected chi connectivity index (χ2v) is 7.58. The topological polar surface area (TPSA) is 67.2 Å². The highest BCUT2D eigenvalue weighted by Crippen LogP contribution is 2.19. The molecule has 0 radical (unpaired) electrons. The smallest absolute Gasteiger partial charge is 0.246 e. The van der Waals surface area contributed by atoms with Crippen molar-refractivity contribution in [3.05, 3.63) is 12.4 Å². The molecule has 2 heterocycles. The quantitative estimate of drug-likeness (QED) is 0.762. The zero-order valence-electron chi connectivity index (χ0n) is 11.1. The molecule has 0 atom stereocenters. The number of thioether (sulfide) groups is 1. The van der Waals surface area contributed by atoms with Gasteiger partial charge in [0.1, 0.15) is 4.90 Å².